The highest BCUT2D eigenvalue weighted by atomic mass is 16.2. The summed E-state index contributed by atoms with van der Waals surface area (Å²) in [5, 5.41) is 8.03. The first-order valence-electron chi connectivity index (χ1n) is 9.22. The molecule has 3 amide bonds. The first-order chi connectivity index (χ1) is 13.1. The molecule has 27 heavy (non-hydrogen) atoms. The Morgan fingerprint density at radius 1 is 1.11 bits per heavy atom. The molecule has 0 aliphatic carbocycles. The Morgan fingerprint density at radius 3 is 2.70 bits per heavy atom. The van der Waals surface area contributed by atoms with Gasteiger partial charge in [-0.1, -0.05) is 49.4 Å². The van der Waals surface area contributed by atoms with Gasteiger partial charge >= 0.3 is 6.03 Å². The van der Waals surface area contributed by atoms with E-state index in [-0.39, 0.29) is 5.91 Å². The summed E-state index contributed by atoms with van der Waals surface area (Å²) in [5.41, 5.74) is 1.12. The lowest BCUT2D eigenvalue weighted by Crippen LogP contribution is -2.64. The average molecular weight is 365 g/mol. The number of aliphatic imine (C=N–C) groups is 1. The van der Waals surface area contributed by atoms with Crippen LogP contribution in [0.25, 0.3) is 10.8 Å². The van der Waals surface area contributed by atoms with Gasteiger partial charge in [-0.25, -0.2) is 4.79 Å². The van der Waals surface area contributed by atoms with Crippen molar-refractivity contribution in [3.05, 3.63) is 48.0 Å². The zero-order valence-corrected chi connectivity index (χ0v) is 15.5. The van der Waals surface area contributed by atoms with Gasteiger partial charge in [-0.05, 0) is 22.8 Å². The number of fused-ring (bicyclic) bond motifs is 2. The molecule has 2 heterocycles. The minimum Gasteiger partial charge on any atom is -0.333 e. The van der Waals surface area contributed by atoms with Crippen molar-refractivity contribution in [1.82, 2.24) is 20.4 Å². The normalized spacial score (nSPS) is 23.6. The van der Waals surface area contributed by atoms with Crippen LogP contribution in [0.5, 0.6) is 0 Å². The van der Waals surface area contributed by atoms with Crippen LogP contribution in [-0.4, -0.2) is 53.5 Å². The third-order valence-electron chi connectivity index (χ3n) is 5.13. The van der Waals surface area contributed by atoms with Crippen LogP contribution in [0.3, 0.4) is 0 Å². The maximum Gasteiger partial charge on any atom is 0.325 e. The van der Waals surface area contributed by atoms with Crippen molar-refractivity contribution in [2.24, 2.45) is 4.99 Å². The van der Waals surface area contributed by atoms with Crippen molar-refractivity contribution < 1.29 is 9.59 Å². The zero-order chi connectivity index (χ0) is 19.0. The van der Waals surface area contributed by atoms with Crippen LogP contribution in [0.1, 0.15) is 18.9 Å². The molecule has 2 aliphatic heterocycles. The molecule has 2 saturated heterocycles. The summed E-state index contributed by atoms with van der Waals surface area (Å²) in [5.74, 6) is 0.369. The molecule has 0 aromatic heterocycles. The van der Waals surface area contributed by atoms with Gasteiger partial charge in [0.25, 0.3) is 5.91 Å². The van der Waals surface area contributed by atoms with Crippen LogP contribution in [0.15, 0.2) is 47.5 Å². The summed E-state index contributed by atoms with van der Waals surface area (Å²) < 4.78 is 0. The van der Waals surface area contributed by atoms with E-state index in [1.807, 2.05) is 23.1 Å². The van der Waals surface area contributed by atoms with Crippen LogP contribution < -0.4 is 10.6 Å². The molecule has 140 valence electrons. The number of guanidine groups is 1. The molecular weight excluding hydrogens is 342 g/mol. The number of hydrogen-bond acceptors (Lipinski definition) is 3. The first-order valence-corrected chi connectivity index (χ1v) is 9.22. The molecule has 2 unspecified atom stereocenters. The van der Waals surface area contributed by atoms with Gasteiger partial charge in [-0.3, -0.25) is 15.1 Å². The van der Waals surface area contributed by atoms with E-state index in [9.17, 15) is 9.59 Å². The van der Waals surface area contributed by atoms with Gasteiger partial charge in [-0.2, -0.15) is 0 Å². The standard InChI is InChI=1S/C20H23N5O2/c1-3-11-21-19-22-17-16(18(26)23-20(27)24(17)2)25(19)12-14-9-6-8-13-7-4-5-10-15(13)14/h4-10,16-17H,3,11-12H2,1-2H3,(H,21,22)(H,23,26,27). The number of imide groups is 1. The molecular formula is C20H23N5O2. The number of carbonyl (C=O) groups is 2. The number of likely N-dealkylation sites (N-methyl/N-ethyl adjacent to an activating group) is 1. The van der Waals surface area contributed by atoms with Crippen LogP contribution in [-0.2, 0) is 11.3 Å². The van der Waals surface area contributed by atoms with Gasteiger partial charge in [0.05, 0.1) is 0 Å². The second kappa shape index (κ2) is 6.90. The number of nitrogens with one attached hydrogen (secondary N) is 2. The quantitative estimate of drug-likeness (QED) is 0.867. The van der Waals surface area contributed by atoms with E-state index in [0.29, 0.717) is 19.0 Å². The summed E-state index contributed by atoms with van der Waals surface area (Å²) in [7, 11) is 1.69. The fourth-order valence-corrected chi connectivity index (χ4v) is 3.72. The maximum absolute atomic E-state index is 12.6. The van der Waals surface area contributed by atoms with Gasteiger partial charge in [-0.15, -0.1) is 0 Å². The molecule has 7 heteroatoms. The van der Waals surface area contributed by atoms with Gasteiger partial charge in [0.15, 0.2) is 12.0 Å². The lowest BCUT2D eigenvalue weighted by atomic mass is 10.0. The van der Waals surface area contributed by atoms with Crippen molar-refractivity contribution in [2.45, 2.75) is 32.1 Å². The fraction of sp³-hybridized carbons (Fsp3) is 0.350. The summed E-state index contributed by atoms with van der Waals surface area (Å²) >= 11 is 0. The summed E-state index contributed by atoms with van der Waals surface area (Å²) in [4.78, 5) is 32.8. The molecule has 2 aromatic carbocycles. The summed E-state index contributed by atoms with van der Waals surface area (Å²) in [6.07, 6.45) is 0.487. The predicted octanol–water partition coefficient (Wildman–Crippen LogP) is 1.89. The number of carbonyl (C=O) groups excluding carboxylic acids is 2. The predicted molar refractivity (Wildman–Crippen MR) is 104 cm³/mol. The lowest BCUT2D eigenvalue weighted by molar-refractivity contribution is -0.127. The molecule has 0 spiro atoms. The van der Waals surface area contributed by atoms with Gasteiger partial charge in [0.2, 0.25) is 0 Å². The van der Waals surface area contributed by atoms with Crippen molar-refractivity contribution >= 4 is 28.7 Å². The van der Waals surface area contributed by atoms with Crippen LogP contribution in [0.2, 0.25) is 0 Å². The molecule has 0 bridgehead atoms. The van der Waals surface area contributed by atoms with E-state index in [2.05, 4.69) is 46.8 Å². The van der Waals surface area contributed by atoms with E-state index < -0.39 is 18.2 Å². The molecule has 0 radical (unpaired) electrons. The summed E-state index contributed by atoms with van der Waals surface area (Å²) in [6.45, 7) is 3.25. The van der Waals surface area contributed by atoms with Gasteiger partial charge in [0.1, 0.15) is 6.17 Å². The molecule has 2 fully saturated rings. The average Bonchev–Trinajstić information content (AvgIpc) is 3.04. The molecule has 2 aromatic rings. The third-order valence-corrected chi connectivity index (χ3v) is 5.13. The van der Waals surface area contributed by atoms with Crippen LogP contribution >= 0.6 is 0 Å². The number of hydrogen-bond donors (Lipinski definition) is 2. The molecule has 2 aliphatic rings. The number of nitrogens with zero attached hydrogens (tertiary/aromatic N) is 3. The van der Waals surface area contributed by atoms with Crippen LogP contribution in [0.4, 0.5) is 4.79 Å². The van der Waals surface area contributed by atoms with E-state index in [1.54, 1.807) is 7.05 Å². The molecule has 4 rings (SSSR count). The lowest BCUT2D eigenvalue weighted by Gasteiger charge is -2.35. The molecule has 0 saturated carbocycles. The monoisotopic (exact) mass is 365 g/mol. The highest BCUT2D eigenvalue weighted by Crippen LogP contribution is 2.26. The van der Waals surface area contributed by atoms with E-state index in [1.165, 1.54) is 4.90 Å². The Balaban J connectivity index is 1.73. The Morgan fingerprint density at radius 2 is 1.89 bits per heavy atom. The van der Waals surface area contributed by atoms with E-state index in [0.717, 1.165) is 22.8 Å². The Bertz CT molecular complexity index is 920. The number of rotatable bonds is 4. The van der Waals surface area contributed by atoms with Gasteiger partial charge in [0, 0.05) is 20.1 Å². The molecule has 2 N–H and O–H groups in total. The maximum atomic E-state index is 12.6. The third kappa shape index (κ3) is 2.99. The molecule has 2 atom stereocenters. The van der Waals surface area contributed by atoms with Crippen molar-refractivity contribution in [3.63, 3.8) is 0 Å². The fourth-order valence-electron chi connectivity index (χ4n) is 3.72. The Labute approximate surface area is 158 Å². The number of urea groups is 1. The number of amides is 3. The van der Waals surface area contributed by atoms with E-state index in [4.69, 9.17) is 0 Å². The largest absolute Gasteiger partial charge is 0.333 e. The number of benzene rings is 2. The summed E-state index contributed by atoms with van der Waals surface area (Å²) in [6, 6.07) is 13.5. The topological polar surface area (TPSA) is 77.0 Å². The highest BCUT2D eigenvalue weighted by Gasteiger charge is 2.49. The second-order valence-electron chi connectivity index (χ2n) is 6.91. The van der Waals surface area contributed by atoms with Gasteiger partial charge < -0.3 is 15.1 Å². The Kier molecular flexibility index (Phi) is 4.43. The highest BCUT2D eigenvalue weighted by molar-refractivity contribution is 6.04. The minimum absolute atomic E-state index is 0.294. The van der Waals surface area contributed by atoms with Crippen molar-refractivity contribution in [3.8, 4) is 0 Å². The van der Waals surface area contributed by atoms with Crippen molar-refractivity contribution in [2.75, 3.05) is 13.6 Å². The van der Waals surface area contributed by atoms with E-state index >= 15 is 0 Å². The minimum atomic E-state index is -0.512. The smallest absolute Gasteiger partial charge is 0.325 e. The SMILES string of the molecule is CCCN=C1NC2C(C(=O)NC(=O)N2C)N1Cc1cccc2ccccc12. The van der Waals surface area contributed by atoms with Crippen LogP contribution in [0, 0.1) is 0 Å². The first kappa shape index (κ1) is 17.3. The molecule has 7 nitrogen and oxygen atoms in total. The van der Waals surface area contributed by atoms with Crippen molar-refractivity contribution in [1.29, 1.82) is 0 Å². The zero-order valence-electron chi connectivity index (χ0n) is 15.5. The second-order valence-corrected chi connectivity index (χ2v) is 6.91. The Hall–Kier alpha value is -3.09.